The van der Waals surface area contributed by atoms with Crippen molar-refractivity contribution in [1.82, 2.24) is 0 Å². The summed E-state index contributed by atoms with van der Waals surface area (Å²) in [7, 11) is 0. The summed E-state index contributed by atoms with van der Waals surface area (Å²) >= 11 is 0. The fourth-order valence-electron chi connectivity index (χ4n) is 1.41. The van der Waals surface area contributed by atoms with Gasteiger partial charge in [-0.2, -0.15) is 0 Å². The molecule has 1 heterocycles. The van der Waals surface area contributed by atoms with E-state index < -0.39 is 6.10 Å². The van der Waals surface area contributed by atoms with Crippen molar-refractivity contribution in [2.75, 3.05) is 25.1 Å². The van der Waals surface area contributed by atoms with Gasteiger partial charge in [0.15, 0.2) is 6.61 Å². The first kappa shape index (κ1) is 11.7. The lowest BCUT2D eigenvalue weighted by Crippen LogP contribution is -2.27. The SMILES string of the molecule is NCC(O)COc1ccc2c(c1)OCC(=O)N2. The molecule has 6 heteroatoms. The van der Waals surface area contributed by atoms with Gasteiger partial charge in [-0.25, -0.2) is 0 Å². The number of amides is 1. The third-order valence-electron chi connectivity index (χ3n) is 2.30. The Labute approximate surface area is 98.3 Å². The minimum atomic E-state index is -0.688. The first-order valence-corrected chi connectivity index (χ1v) is 5.26. The van der Waals surface area contributed by atoms with Crippen molar-refractivity contribution in [3.05, 3.63) is 18.2 Å². The number of fused-ring (bicyclic) bond motifs is 1. The summed E-state index contributed by atoms with van der Waals surface area (Å²) in [6.07, 6.45) is -0.688. The highest BCUT2D eigenvalue weighted by atomic mass is 16.5. The largest absolute Gasteiger partial charge is 0.491 e. The van der Waals surface area contributed by atoms with Crippen molar-refractivity contribution in [3.63, 3.8) is 0 Å². The van der Waals surface area contributed by atoms with Gasteiger partial charge in [-0.1, -0.05) is 0 Å². The molecule has 6 nitrogen and oxygen atoms in total. The molecule has 2 rings (SSSR count). The van der Waals surface area contributed by atoms with Crippen LogP contribution in [0.4, 0.5) is 5.69 Å². The van der Waals surface area contributed by atoms with Crippen LogP contribution in [0.2, 0.25) is 0 Å². The van der Waals surface area contributed by atoms with Gasteiger partial charge in [0.25, 0.3) is 5.91 Å². The second-order valence-electron chi connectivity index (χ2n) is 3.70. The lowest BCUT2D eigenvalue weighted by molar-refractivity contribution is -0.118. The predicted octanol–water partition coefficient (Wildman–Crippen LogP) is -0.284. The Morgan fingerprint density at radius 3 is 3.18 bits per heavy atom. The molecular weight excluding hydrogens is 224 g/mol. The summed E-state index contributed by atoms with van der Waals surface area (Å²) in [4.78, 5) is 11.1. The van der Waals surface area contributed by atoms with E-state index >= 15 is 0 Å². The molecule has 0 radical (unpaired) electrons. The first-order valence-electron chi connectivity index (χ1n) is 5.26. The number of nitrogens with two attached hydrogens (primary N) is 1. The zero-order valence-corrected chi connectivity index (χ0v) is 9.18. The number of hydrogen-bond donors (Lipinski definition) is 3. The Kier molecular flexibility index (Phi) is 3.46. The summed E-state index contributed by atoms with van der Waals surface area (Å²) in [5.41, 5.74) is 5.88. The molecule has 1 amide bonds. The van der Waals surface area contributed by atoms with Crippen molar-refractivity contribution in [3.8, 4) is 11.5 Å². The van der Waals surface area contributed by atoms with E-state index in [0.717, 1.165) is 0 Å². The van der Waals surface area contributed by atoms with E-state index in [4.69, 9.17) is 15.2 Å². The highest BCUT2D eigenvalue weighted by Crippen LogP contribution is 2.31. The van der Waals surface area contributed by atoms with Gasteiger partial charge in [0.1, 0.15) is 24.2 Å². The molecule has 1 aromatic rings. The molecule has 1 aliphatic heterocycles. The zero-order chi connectivity index (χ0) is 12.3. The van der Waals surface area contributed by atoms with Crippen LogP contribution in [0.1, 0.15) is 0 Å². The Bertz CT molecular complexity index is 422. The van der Waals surface area contributed by atoms with Crippen LogP contribution in [-0.4, -0.2) is 36.9 Å². The van der Waals surface area contributed by atoms with E-state index in [1.807, 2.05) is 0 Å². The van der Waals surface area contributed by atoms with Gasteiger partial charge < -0.3 is 25.6 Å². The number of ether oxygens (including phenoxy) is 2. The lowest BCUT2D eigenvalue weighted by atomic mass is 10.2. The fraction of sp³-hybridized carbons (Fsp3) is 0.364. The fourth-order valence-corrected chi connectivity index (χ4v) is 1.41. The van der Waals surface area contributed by atoms with Gasteiger partial charge in [-0.05, 0) is 12.1 Å². The second kappa shape index (κ2) is 5.03. The zero-order valence-electron chi connectivity index (χ0n) is 9.18. The van der Waals surface area contributed by atoms with Crippen LogP contribution < -0.4 is 20.5 Å². The molecule has 17 heavy (non-hydrogen) atoms. The molecule has 0 bridgehead atoms. The monoisotopic (exact) mass is 238 g/mol. The van der Waals surface area contributed by atoms with E-state index in [1.165, 1.54) is 0 Å². The van der Waals surface area contributed by atoms with Gasteiger partial charge in [-0.15, -0.1) is 0 Å². The molecule has 92 valence electrons. The minimum absolute atomic E-state index is 0.00186. The second-order valence-corrected chi connectivity index (χ2v) is 3.70. The van der Waals surface area contributed by atoms with Gasteiger partial charge in [0, 0.05) is 12.6 Å². The topological polar surface area (TPSA) is 93.8 Å². The smallest absolute Gasteiger partial charge is 0.262 e. The first-order chi connectivity index (χ1) is 8.19. The van der Waals surface area contributed by atoms with Crippen molar-refractivity contribution >= 4 is 11.6 Å². The summed E-state index contributed by atoms with van der Waals surface area (Å²) in [6, 6.07) is 5.05. The van der Waals surface area contributed by atoms with Crippen LogP contribution in [0.15, 0.2) is 18.2 Å². The number of carbonyl (C=O) groups excluding carboxylic acids is 1. The Balaban J connectivity index is 2.04. The van der Waals surface area contributed by atoms with Gasteiger partial charge in [0.05, 0.1) is 5.69 Å². The number of anilines is 1. The van der Waals surface area contributed by atoms with Crippen LogP contribution in [0, 0.1) is 0 Å². The highest BCUT2D eigenvalue weighted by Gasteiger charge is 2.16. The molecular formula is C11H14N2O4. The summed E-state index contributed by atoms with van der Waals surface area (Å²) in [5.74, 6) is 0.946. The van der Waals surface area contributed by atoms with Crippen LogP contribution in [0.3, 0.4) is 0 Å². The van der Waals surface area contributed by atoms with Crippen molar-refractivity contribution in [2.24, 2.45) is 5.73 Å². The average molecular weight is 238 g/mol. The summed E-state index contributed by atoms with van der Waals surface area (Å²) in [5, 5.41) is 11.9. The number of rotatable bonds is 4. The maximum Gasteiger partial charge on any atom is 0.262 e. The van der Waals surface area contributed by atoms with Crippen LogP contribution in [-0.2, 0) is 4.79 Å². The van der Waals surface area contributed by atoms with E-state index in [9.17, 15) is 9.90 Å². The summed E-state index contributed by atoms with van der Waals surface area (Å²) < 4.78 is 10.6. The number of benzene rings is 1. The predicted molar refractivity (Wildman–Crippen MR) is 61.1 cm³/mol. The van der Waals surface area contributed by atoms with Crippen molar-refractivity contribution < 1.29 is 19.4 Å². The molecule has 0 saturated carbocycles. The van der Waals surface area contributed by atoms with Crippen molar-refractivity contribution in [1.29, 1.82) is 0 Å². The van der Waals surface area contributed by atoms with Crippen molar-refractivity contribution in [2.45, 2.75) is 6.10 Å². The maximum absolute atomic E-state index is 11.1. The van der Waals surface area contributed by atoms with Crippen LogP contribution in [0.25, 0.3) is 0 Å². The molecule has 1 atom stereocenters. The number of hydrogen-bond acceptors (Lipinski definition) is 5. The average Bonchev–Trinajstić information content (AvgIpc) is 2.35. The highest BCUT2D eigenvalue weighted by molar-refractivity contribution is 5.95. The number of aliphatic hydroxyl groups is 1. The molecule has 1 unspecified atom stereocenters. The van der Waals surface area contributed by atoms with E-state index in [1.54, 1.807) is 18.2 Å². The number of nitrogens with one attached hydrogen (secondary N) is 1. The third kappa shape index (κ3) is 2.86. The molecule has 0 spiro atoms. The van der Waals surface area contributed by atoms with Crippen LogP contribution >= 0.6 is 0 Å². The Hall–Kier alpha value is -1.79. The van der Waals surface area contributed by atoms with Gasteiger partial charge >= 0.3 is 0 Å². The molecule has 1 aromatic carbocycles. The standard InChI is InChI=1S/C11H14N2O4/c12-4-7(14)5-16-8-1-2-9-10(3-8)17-6-11(15)13-9/h1-3,7,14H,4-6,12H2,(H,13,15). The molecule has 0 saturated heterocycles. The quantitative estimate of drug-likeness (QED) is 0.670. The molecule has 4 N–H and O–H groups in total. The normalized spacial score (nSPS) is 15.5. The van der Waals surface area contributed by atoms with E-state index in [0.29, 0.717) is 17.2 Å². The number of aliphatic hydroxyl groups excluding tert-OH is 1. The molecule has 1 aliphatic rings. The maximum atomic E-state index is 11.1. The summed E-state index contributed by atoms with van der Waals surface area (Å²) in [6.45, 7) is 0.279. The third-order valence-corrected chi connectivity index (χ3v) is 2.30. The Morgan fingerprint density at radius 1 is 1.59 bits per heavy atom. The number of carbonyl (C=O) groups is 1. The minimum Gasteiger partial charge on any atom is -0.491 e. The molecule has 0 aromatic heterocycles. The van der Waals surface area contributed by atoms with E-state index in [2.05, 4.69) is 5.32 Å². The molecule has 0 fully saturated rings. The van der Waals surface area contributed by atoms with Gasteiger partial charge in [-0.3, -0.25) is 4.79 Å². The lowest BCUT2D eigenvalue weighted by Gasteiger charge is -2.19. The van der Waals surface area contributed by atoms with Crippen LogP contribution in [0.5, 0.6) is 11.5 Å². The van der Waals surface area contributed by atoms with Gasteiger partial charge in [0.2, 0.25) is 0 Å². The van der Waals surface area contributed by atoms with E-state index in [-0.39, 0.29) is 25.7 Å². The molecule has 0 aliphatic carbocycles. The Morgan fingerprint density at radius 2 is 2.41 bits per heavy atom.